The Morgan fingerprint density at radius 3 is 1.59 bits per heavy atom. The summed E-state index contributed by atoms with van der Waals surface area (Å²) in [6.45, 7) is 5.69. The van der Waals surface area contributed by atoms with E-state index in [0.717, 1.165) is 21.4 Å². The second kappa shape index (κ2) is 11.5. The zero-order chi connectivity index (χ0) is 24.6. The van der Waals surface area contributed by atoms with Crippen molar-refractivity contribution in [2.45, 2.75) is 20.8 Å². The first kappa shape index (κ1) is 25.7. The molecule has 34 heavy (non-hydrogen) atoms. The fraction of sp³-hybridized carbons (Fsp3) is 0.214. The summed E-state index contributed by atoms with van der Waals surface area (Å²) in [5.41, 5.74) is 0.205. The minimum Gasteiger partial charge on any atom is -0.468 e. The molecule has 1 N–H and O–H groups in total. The van der Waals surface area contributed by atoms with Crippen LogP contribution < -0.4 is 21.2 Å². The summed E-state index contributed by atoms with van der Waals surface area (Å²) in [5.74, 6) is -0.237. The van der Waals surface area contributed by atoms with Gasteiger partial charge in [-0.3, -0.25) is 14.9 Å². The van der Waals surface area contributed by atoms with Crippen molar-refractivity contribution in [1.29, 1.82) is 0 Å². The molecule has 3 rings (SSSR count). The third-order valence-electron chi connectivity index (χ3n) is 5.34. The minimum absolute atomic E-state index is 0.0791. The highest BCUT2D eigenvalue weighted by molar-refractivity contribution is 8.04. The number of hydrogen-bond acceptors (Lipinski definition) is 4. The van der Waals surface area contributed by atoms with Gasteiger partial charge in [0.25, 0.3) is 0 Å². The van der Waals surface area contributed by atoms with E-state index in [9.17, 15) is 9.59 Å². The fourth-order valence-electron chi connectivity index (χ4n) is 3.56. The average molecular weight is 493 g/mol. The molecule has 4 nitrogen and oxygen atoms in total. The summed E-state index contributed by atoms with van der Waals surface area (Å²) < 4.78 is 4.84. The van der Waals surface area contributed by atoms with Crippen molar-refractivity contribution >= 4 is 46.8 Å². The maximum absolute atomic E-state index is 13.3. The van der Waals surface area contributed by atoms with Gasteiger partial charge in [0.15, 0.2) is 12.7 Å². The van der Waals surface area contributed by atoms with Crippen LogP contribution in [-0.4, -0.2) is 24.7 Å². The van der Waals surface area contributed by atoms with Crippen LogP contribution >= 0.6 is 19.0 Å². The molecule has 0 heterocycles. The Morgan fingerprint density at radius 1 is 0.824 bits per heavy atom. The highest BCUT2D eigenvalue weighted by Gasteiger charge is 2.51. The van der Waals surface area contributed by atoms with Crippen molar-refractivity contribution in [3.63, 3.8) is 0 Å². The maximum atomic E-state index is 13.3. The molecule has 3 aromatic rings. The topological polar surface area (TPSA) is 55.4 Å². The van der Waals surface area contributed by atoms with E-state index in [2.05, 4.69) is 41.7 Å². The van der Waals surface area contributed by atoms with Gasteiger partial charge in [0.1, 0.15) is 15.9 Å². The molecule has 0 atom stereocenters. The van der Waals surface area contributed by atoms with Gasteiger partial charge >= 0.3 is 5.97 Å². The van der Waals surface area contributed by atoms with E-state index in [1.165, 1.54) is 18.9 Å². The molecule has 1 amide bonds. The number of nitrogens with one attached hydrogen (secondary N) is 1. The molecule has 0 saturated heterocycles. The summed E-state index contributed by atoms with van der Waals surface area (Å²) in [7, 11) is -1.12. The molecule has 0 radical (unpaired) electrons. The first-order valence-corrected chi connectivity index (χ1v) is 13.9. The zero-order valence-electron chi connectivity index (χ0n) is 20.0. The Hall–Kier alpha value is -2.88. The van der Waals surface area contributed by atoms with Crippen molar-refractivity contribution in [3.8, 4) is 0 Å². The second-order valence-electron chi connectivity index (χ2n) is 8.77. The molecule has 0 aliphatic carbocycles. The molecule has 3 aromatic carbocycles. The van der Waals surface area contributed by atoms with Crippen LogP contribution in [0.5, 0.6) is 0 Å². The van der Waals surface area contributed by atoms with Gasteiger partial charge in [0.2, 0.25) is 5.91 Å². The number of thioether (sulfide) groups is 1. The molecule has 0 aliphatic heterocycles. The third-order valence-corrected chi connectivity index (χ3v) is 10.5. The Bertz CT molecular complexity index is 1030. The highest BCUT2D eigenvalue weighted by Crippen LogP contribution is 2.61. The molecule has 0 spiro atoms. The van der Waals surface area contributed by atoms with E-state index < -0.39 is 12.7 Å². The zero-order valence-corrected chi connectivity index (χ0v) is 21.7. The number of methoxy groups -OCH3 is 1. The predicted octanol–water partition coefficient (Wildman–Crippen LogP) is 4.85. The van der Waals surface area contributed by atoms with Crippen LogP contribution in [0.1, 0.15) is 20.8 Å². The molecular weight excluding hydrogens is 461 g/mol. The van der Waals surface area contributed by atoms with E-state index in [-0.39, 0.29) is 17.6 Å². The Morgan fingerprint density at radius 2 is 1.24 bits per heavy atom. The molecule has 6 heteroatoms. The Kier molecular flexibility index (Phi) is 8.71. The van der Waals surface area contributed by atoms with Crippen LogP contribution in [0.3, 0.4) is 0 Å². The number of carbonyl (C=O) groups is 2. The number of rotatable bonds is 8. The summed E-state index contributed by atoms with van der Waals surface area (Å²) in [4.78, 5) is 25.2. The van der Waals surface area contributed by atoms with E-state index in [1.54, 1.807) is 0 Å². The Balaban J connectivity index is 2.34. The Labute approximate surface area is 207 Å². The average Bonchev–Trinajstić information content (AvgIpc) is 2.85. The third kappa shape index (κ3) is 5.78. The first-order valence-electron chi connectivity index (χ1n) is 11.1. The monoisotopic (exact) mass is 492 g/mol. The normalized spacial score (nSPS) is 12.2. The van der Waals surface area contributed by atoms with Gasteiger partial charge in [-0.05, 0) is 36.4 Å². The summed E-state index contributed by atoms with van der Waals surface area (Å²) in [6, 6.07) is 30.9. The smallest absolute Gasteiger partial charge is 0.315 e. The molecular formula is C28H31NO3PS+. The van der Waals surface area contributed by atoms with Crippen molar-refractivity contribution in [2.24, 2.45) is 5.41 Å². The molecule has 0 saturated carbocycles. The SMILES string of the molecule is COC(=O)CSC=C(NC(=O)C(C)(C)C)[P+](c1ccccc1)(c1ccccc1)c1ccccc1. The number of ether oxygens (including phenoxy) is 1. The fourth-order valence-corrected chi connectivity index (χ4v) is 8.83. The number of esters is 1. The first-order chi connectivity index (χ1) is 16.3. The lowest BCUT2D eigenvalue weighted by atomic mass is 9.96. The quantitative estimate of drug-likeness (QED) is 0.361. The molecule has 176 valence electrons. The second-order valence-corrected chi connectivity index (χ2v) is 13.0. The lowest BCUT2D eigenvalue weighted by Crippen LogP contribution is -2.41. The largest absolute Gasteiger partial charge is 0.468 e. The number of hydrogen-bond donors (Lipinski definition) is 1. The van der Waals surface area contributed by atoms with Crippen LogP contribution in [-0.2, 0) is 14.3 Å². The standard InChI is InChI=1S/C28H30NO3PS/c1-28(2,3)27(31)29-25(20-34-21-26(30)32-4)33(22-14-8-5-9-15-22,23-16-10-6-11-17-23)24-18-12-7-13-19-24/h5-20H,21H2,1-4H3/p+1. The van der Waals surface area contributed by atoms with Crippen molar-refractivity contribution < 1.29 is 14.3 Å². The van der Waals surface area contributed by atoms with E-state index >= 15 is 0 Å². The summed E-state index contributed by atoms with van der Waals surface area (Å²) >= 11 is 1.33. The molecule has 0 fully saturated rings. The molecule has 0 bridgehead atoms. The van der Waals surface area contributed by atoms with Crippen LogP contribution in [0.2, 0.25) is 0 Å². The van der Waals surface area contributed by atoms with Gasteiger partial charge < -0.3 is 4.74 Å². The van der Waals surface area contributed by atoms with E-state index in [1.807, 2.05) is 80.8 Å². The molecule has 0 aliphatic rings. The van der Waals surface area contributed by atoms with Crippen molar-refractivity contribution in [3.05, 3.63) is 102 Å². The lowest BCUT2D eigenvalue weighted by Gasteiger charge is -2.30. The van der Waals surface area contributed by atoms with Crippen molar-refractivity contribution in [1.82, 2.24) is 5.32 Å². The van der Waals surface area contributed by atoms with Crippen LogP contribution in [0.4, 0.5) is 0 Å². The van der Waals surface area contributed by atoms with Crippen LogP contribution in [0.15, 0.2) is 102 Å². The highest BCUT2D eigenvalue weighted by atomic mass is 32.2. The lowest BCUT2D eigenvalue weighted by molar-refractivity contribution is -0.137. The van der Waals surface area contributed by atoms with Gasteiger partial charge in [-0.1, -0.05) is 75.4 Å². The van der Waals surface area contributed by atoms with Gasteiger partial charge in [-0.15, -0.1) is 11.8 Å². The summed E-state index contributed by atoms with van der Waals surface area (Å²) in [6.07, 6.45) is 0. The maximum Gasteiger partial charge on any atom is 0.315 e. The molecule has 0 aromatic heterocycles. The van der Waals surface area contributed by atoms with Gasteiger partial charge in [-0.25, -0.2) is 0 Å². The number of carbonyl (C=O) groups excluding carboxylic acids is 2. The van der Waals surface area contributed by atoms with Crippen LogP contribution in [0, 0.1) is 5.41 Å². The van der Waals surface area contributed by atoms with Crippen molar-refractivity contribution in [2.75, 3.05) is 12.9 Å². The van der Waals surface area contributed by atoms with E-state index in [0.29, 0.717) is 0 Å². The number of amides is 1. The van der Waals surface area contributed by atoms with E-state index in [4.69, 9.17) is 4.74 Å². The van der Waals surface area contributed by atoms with Gasteiger partial charge in [0, 0.05) is 10.8 Å². The minimum atomic E-state index is -2.50. The summed E-state index contributed by atoms with van der Waals surface area (Å²) in [5, 5.41) is 8.57. The number of benzene rings is 3. The van der Waals surface area contributed by atoms with Gasteiger partial charge in [-0.2, -0.15) is 0 Å². The van der Waals surface area contributed by atoms with Gasteiger partial charge in [0.05, 0.1) is 12.9 Å². The molecule has 0 unspecified atom stereocenters. The predicted molar refractivity (Wildman–Crippen MR) is 145 cm³/mol. The van der Waals surface area contributed by atoms with Crippen LogP contribution in [0.25, 0.3) is 0 Å².